The summed E-state index contributed by atoms with van der Waals surface area (Å²) < 4.78 is 5.63. The van der Waals surface area contributed by atoms with Gasteiger partial charge in [0.25, 0.3) is 5.91 Å². The van der Waals surface area contributed by atoms with Crippen molar-refractivity contribution in [3.8, 4) is 5.75 Å². The van der Waals surface area contributed by atoms with Gasteiger partial charge in [-0.3, -0.25) is 4.79 Å². The van der Waals surface area contributed by atoms with Crippen LogP contribution in [0.4, 0.5) is 0 Å². The summed E-state index contributed by atoms with van der Waals surface area (Å²) in [5.41, 5.74) is 1.09. The number of benzene rings is 1. The van der Waals surface area contributed by atoms with Crippen LogP contribution in [0.1, 0.15) is 32.3 Å². The molecule has 1 aliphatic carbocycles. The number of amides is 1. The van der Waals surface area contributed by atoms with E-state index < -0.39 is 0 Å². The highest BCUT2D eigenvalue weighted by Crippen LogP contribution is 2.19. The van der Waals surface area contributed by atoms with E-state index in [1.54, 1.807) is 0 Å². The molecule has 4 heteroatoms. The predicted molar refractivity (Wildman–Crippen MR) is 79.6 cm³/mol. The first-order valence-corrected chi connectivity index (χ1v) is 7.36. The van der Waals surface area contributed by atoms with Gasteiger partial charge in [-0.05, 0) is 31.4 Å². The maximum Gasteiger partial charge on any atom is 0.258 e. The van der Waals surface area contributed by atoms with Crippen molar-refractivity contribution in [1.82, 2.24) is 10.6 Å². The van der Waals surface area contributed by atoms with Crippen molar-refractivity contribution < 1.29 is 9.53 Å². The average molecular weight is 276 g/mol. The van der Waals surface area contributed by atoms with Gasteiger partial charge >= 0.3 is 0 Å². The number of ether oxygens (including phenoxy) is 1. The maximum atomic E-state index is 11.6. The van der Waals surface area contributed by atoms with Crippen LogP contribution in [0.15, 0.2) is 24.3 Å². The van der Waals surface area contributed by atoms with Crippen molar-refractivity contribution in [2.24, 2.45) is 5.92 Å². The third-order valence-electron chi connectivity index (χ3n) is 3.14. The smallest absolute Gasteiger partial charge is 0.258 e. The molecule has 0 aromatic heterocycles. The first-order valence-electron chi connectivity index (χ1n) is 7.36. The predicted octanol–water partition coefficient (Wildman–Crippen LogP) is 2.09. The zero-order chi connectivity index (χ0) is 14.4. The number of nitrogens with one attached hydrogen (secondary N) is 2. The van der Waals surface area contributed by atoms with Gasteiger partial charge in [0.1, 0.15) is 5.75 Å². The molecule has 110 valence electrons. The molecule has 1 aliphatic rings. The van der Waals surface area contributed by atoms with Crippen LogP contribution in [-0.2, 0) is 11.3 Å². The lowest BCUT2D eigenvalue weighted by molar-refractivity contribution is -0.123. The summed E-state index contributed by atoms with van der Waals surface area (Å²) in [5, 5.41) is 6.31. The van der Waals surface area contributed by atoms with Crippen molar-refractivity contribution in [3.63, 3.8) is 0 Å². The summed E-state index contributed by atoms with van der Waals surface area (Å²) >= 11 is 0. The second-order valence-electron chi connectivity index (χ2n) is 5.76. The first-order chi connectivity index (χ1) is 9.65. The fraction of sp³-hybridized carbons (Fsp3) is 0.562. The Hall–Kier alpha value is -1.55. The molecule has 0 aliphatic heterocycles. The molecule has 0 radical (unpaired) electrons. The van der Waals surface area contributed by atoms with E-state index in [1.165, 1.54) is 0 Å². The first kappa shape index (κ1) is 14.9. The third kappa shape index (κ3) is 5.21. The molecule has 1 aromatic rings. The van der Waals surface area contributed by atoms with Crippen molar-refractivity contribution in [3.05, 3.63) is 29.8 Å². The number of rotatable bonds is 8. The lowest BCUT2D eigenvalue weighted by Crippen LogP contribution is -2.30. The summed E-state index contributed by atoms with van der Waals surface area (Å²) in [6, 6.07) is 8.25. The van der Waals surface area contributed by atoms with Gasteiger partial charge in [-0.15, -0.1) is 0 Å². The molecular weight excluding hydrogens is 252 g/mol. The monoisotopic (exact) mass is 276 g/mol. The lowest BCUT2D eigenvalue weighted by Gasteiger charge is -2.13. The van der Waals surface area contributed by atoms with Gasteiger partial charge < -0.3 is 15.4 Å². The largest absolute Gasteiger partial charge is 0.483 e. The van der Waals surface area contributed by atoms with Gasteiger partial charge in [0.2, 0.25) is 0 Å². The Labute approximate surface area is 120 Å². The van der Waals surface area contributed by atoms with Crippen LogP contribution in [0, 0.1) is 5.92 Å². The van der Waals surface area contributed by atoms with E-state index in [0.29, 0.717) is 12.0 Å². The molecule has 0 bridgehead atoms. The van der Waals surface area contributed by atoms with Gasteiger partial charge in [-0.1, -0.05) is 32.0 Å². The minimum absolute atomic E-state index is 0.0301. The second kappa shape index (κ2) is 7.29. The normalized spacial score (nSPS) is 14.3. The van der Waals surface area contributed by atoms with Gasteiger partial charge in [0.05, 0.1) is 0 Å². The third-order valence-corrected chi connectivity index (χ3v) is 3.14. The minimum Gasteiger partial charge on any atom is -0.483 e. The summed E-state index contributed by atoms with van der Waals surface area (Å²) in [4.78, 5) is 11.6. The molecule has 1 saturated carbocycles. The van der Waals surface area contributed by atoms with Crippen LogP contribution in [0.25, 0.3) is 0 Å². The Morgan fingerprint density at radius 2 is 2.10 bits per heavy atom. The van der Waals surface area contributed by atoms with E-state index >= 15 is 0 Å². The minimum atomic E-state index is -0.0301. The fourth-order valence-corrected chi connectivity index (χ4v) is 1.93. The van der Waals surface area contributed by atoms with Gasteiger partial charge in [0.15, 0.2) is 6.61 Å². The van der Waals surface area contributed by atoms with Crippen molar-refractivity contribution in [2.45, 2.75) is 39.3 Å². The van der Waals surface area contributed by atoms with Crippen LogP contribution in [0.2, 0.25) is 0 Å². The van der Waals surface area contributed by atoms with Crippen molar-refractivity contribution in [1.29, 1.82) is 0 Å². The van der Waals surface area contributed by atoms with E-state index in [1.807, 2.05) is 24.3 Å². The highest BCUT2D eigenvalue weighted by Gasteiger charge is 2.23. The second-order valence-corrected chi connectivity index (χ2v) is 5.76. The lowest BCUT2D eigenvalue weighted by atomic mass is 10.2. The Balaban J connectivity index is 1.81. The Morgan fingerprint density at radius 3 is 2.80 bits per heavy atom. The molecule has 4 nitrogen and oxygen atoms in total. The number of hydrogen-bond donors (Lipinski definition) is 2. The van der Waals surface area contributed by atoms with Gasteiger partial charge in [0, 0.05) is 18.2 Å². The average Bonchev–Trinajstić information content (AvgIpc) is 3.21. The molecule has 0 spiro atoms. The topological polar surface area (TPSA) is 50.4 Å². The number of para-hydroxylation sites is 1. The maximum absolute atomic E-state index is 11.6. The Morgan fingerprint density at radius 1 is 1.35 bits per heavy atom. The summed E-state index contributed by atoms with van der Waals surface area (Å²) in [7, 11) is 0. The number of carbonyl (C=O) groups is 1. The number of carbonyl (C=O) groups excluding carboxylic acids is 1. The molecule has 0 saturated heterocycles. The highest BCUT2D eigenvalue weighted by molar-refractivity contribution is 5.78. The summed E-state index contributed by atoms with van der Waals surface area (Å²) in [6.45, 7) is 6.18. The van der Waals surface area contributed by atoms with E-state index in [0.717, 1.165) is 37.2 Å². The zero-order valence-electron chi connectivity index (χ0n) is 12.3. The molecule has 0 unspecified atom stereocenters. The molecule has 2 rings (SSSR count). The molecule has 1 amide bonds. The molecule has 0 atom stereocenters. The standard InChI is InChI=1S/C16H24N2O2/c1-12(2)9-17-10-13-5-3-4-6-15(13)20-11-16(19)18-14-7-8-14/h3-6,12,14,17H,7-11H2,1-2H3,(H,18,19). The number of hydrogen-bond acceptors (Lipinski definition) is 3. The van der Waals surface area contributed by atoms with Crippen molar-refractivity contribution in [2.75, 3.05) is 13.2 Å². The van der Waals surface area contributed by atoms with Crippen LogP contribution in [0.3, 0.4) is 0 Å². The molecule has 20 heavy (non-hydrogen) atoms. The quantitative estimate of drug-likeness (QED) is 0.764. The van der Waals surface area contributed by atoms with E-state index in [-0.39, 0.29) is 12.5 Å². The summed E-state index contributed by atoms with van der Waals surface area (Å²) in [5.74, 6) is 1.37. The summed E-state index contributed by atoms with van der Waals surface area (Å²) in [6.07, 6.45) is 2.20. The van der Waals surface area contributed by atoms with E-state index in [2.05, 4.69) is 24.5 Å². The molecule has 2 N–H and O–H groups in total. The van der Waals surface area contributed by atoms with Crippen LogP contribution in [-0.4, -0.2) is 25.1 Å². The molecular formula is C16H24N2O2. The van der Waals surface area contributed by atoms with Crippen LogP contribution >= 0.6 is 0 Å². The zero-order valence-corrected chi connectivity index (χ0v) is 12.3. The molecule has 1 aromatic carbocycles. The van der Waals surface area contributed by atoms with Crippen molar-refractivity contribution >= 4 is 5.91 Å². The van der Waals surface area contributed by atoms with Gasteiger partial charge in [-0.25, -0.2) is 0 Å². The van der Waals surface area contributed by atoms with Gasteiger partial charge in [-0.2, -0.15) is 0 Å². The Bertz CT molecular complexity index is 442. The fourth-order valence-electron chi connectivity index (χ4n) is 1.93. The van der Waals surface area contributed by atoms with E-state index in [9.17, 15) is 4.79 Å². The molecule has 0 heterocycles. The Kier molecular flexibility index (Phi) is 5.41. The molecule has 1 fully saturated rings. The van der Waals surface area contributed by atoms with Crippen LogP contribution < -0.4 is 15.4 Å². The SMILES string of the molecule is CC(C)CNCc1ccccc1OCC(=O)NC1CC1. The van der Waals surface area contributed by atoms with E-state index in [4.69, 9.17) is 4.74 Å². The van der Waals surface area contributed by atoms with Crippen LogP contribution in [0.5, 0.6) is 5.75 Å². The highest BCUT2D eigenvalue weighted by atomic mass is 16.5.